The van der Waals surface area contributed by atoms with Gasteiger partial charge in [0.2, 0.25) is 0 Å². The number of aryl methyl sites for hydroxylation is 1. The van der Waals surface area contributed by atoms with Gasteiger partial charge in [-0.1, -0.05) is 169 Å². The fraction of sp³-hybridized carbons (Fsp3) is 0.167. The van der Waals surface area contributed by atoms with Gasteiger partial charge in [-0.15, -0.1) is 11.8 Å². The molecule has 57 heavy (non-hydrogen) atoms. The first-order valence-corrected chi connectivity index (χ1v) is 19.9. The van der Waals surface area contributed by atoms with Gasteiger partial charge >= 0.3 is 6.09 Å². The van der Waals surface area contributed by atoms with Gasteiger partial charge < -0.3 is 15.4 Å². The Labute approximate surface area is 337 Å². The summed E-state index contributed by atoms with van der Waals surface area (Å²) >= 11 is 1.52. The first-order valence-electron chi connectivity index (χ1n) is 18.9. The molecule has 0 saturated heterocycles. The molecule has 1 aliphatic rings. The van der Waals surface area contributed by atoms with Crippen LogP contribution in [0.15, 0.2) is 169 Å². The summed E-state index contributed by atoms with van der Waals surface area (Å²) in [6, 6.07) is 53.3. The minimum Gasteiger partial charge on any atom is -0.449 e. The third kappa shape index (κ3) is 8.84. The van der Waals surface area contributed by atoms with E-state index in [0.29, 0.717) is 6.54 Å². The van der Waals surface area contributed by atoms with Gasteiger partial charge in [0.1, 0.15) is 18.4 Å². The lowest BCUT2D eigenvalue weighted by Gasteiger charge is -2.36. The number of hydrogen-bond acceptors (Lipinski definition) is 6. The molecule has 1 atom stereocenters. The number of fused-ring (bicyclic) bond motifs is 3. The highest BCUT2D eigenvalue weighted by molar-refractivity contribution is 8.00. The van der Waals surface area contributed by atoms with E-state index in [2.05, 4.69) is 81.8 Å². The van der Waals surface area contributed by atoms with E-state index in [0.717, 1.165) is 50.1 Å². The van der Waals surface area contributed by atoms with E-state index in [1.165, 1.54) is 18.7 Å². The van der Waals surface area contributed by atoms with Crippen molar-refractivity contribution in [2.45, 2.75) is 37.1 Å². The molecule has 3 N–H and O–H groups in total. The summed E-state index contributed by atoms with van der Waals surface area (Å²) in [5, 5.41) is 9.86. The van der Waals surface area contributed by atoms with Crippen LogP contribution in [0.3, 0.4) is 0 Å². The number of rotatable bonds is 14. The molecule has 7 rings (SSSR count). The number of ether oxygens (including phenoxy) is 1. The minimum absolute atomic E-state index is 0.0650. The van der Waals surface area contributed by atoms with E-state index in [4.69, 9.17) is 4.74 Å². The summed E-state index contributed by atoms with van der Waals surface area (Å²) in [6.07, 6.45) is -0.737. The third-order valence-electron chi connectivity index (χ3n) is 10.2. The van der Waals surface area contributed by atoms with Crippen LogP contribution in [0.5, 0.6) is 0 Å². The van der Waals surface area contributed by atoms with Crippen molar-refractivity contribution in [3.05, 3.63) is 203 Å². The minimum atomic E-state index is -1.10. The second kappa shape index (κ2) is 18.0. The van der Waals surface area contributed by atoms with E-state index in [9.17, 15) is 14.4 Å². The highest BCUT2D eigenvalue weighted by Crippen LogP contribution is 2.49. The first kappa shape index (κ1) is 38.8. The highest BCUT2D eigenvalue weighted by atomic mass is 32.2. The molecular formula is C48H44N4O4S. The Balaban J connectivity index is 1.14. The molecule has 6 aromatic rings. The van der Waals surface area contributed by atoms with Crippen molar-refractivity contribution in [2.24, 2.45) is 5.10 Å². The second-order valence-corrected chi connectivity index (χ2v) is 15.2. The van der Waals surface area contributed by atoms with Crippen LogP contribution >= 0.6 is 11.8 Å². The fourth-order valence-corrected chi connectivity index (χ4v) is 8.79. The average Bonchev–Trinajstić information content (AvgIpc) is 3.58. The van der Waals surface area contributed by atoms with E-state index in [-0.39, 0.29) is 24.0 Å². The molecule has 0 unspecified atom stereocenters. The van der Waals surface area contributed by atoms with Crippen LogP contribution in [0.2, 0.25) is 0 Å². The van der Waals surface area contributed by atoms with Crippen LogP contribution in [0.25, 0.3) is 11.1 Å². The van der Waals surface area contributed by atoms with Gasteiger partial charge in [-0.3, -0.25) is 9.59 Å². The predicted molar refractivity (Wildman–Crippen MR) is 228 cm³/mol. The van der Waals surface area contributed by atoms with E-state index < -0.39 is 28.7 Å². The Morgan fingerprint density at radius 3 is 1.70 bits per heavy atom. The number of carbonyl (C=O) groups is 3. The molecule has 3 amide bonds. The lowest BCUT2D eigenvalue weighted by atomic mass is 9.84. The highest BCUT2D eigenvalue weighted by Gasteiger charge is 2.39. The lowest BCUT2D eigenvalue weighted by molar-refractivity contribution is -0.122. The van der Waals surface area contributed by atoms with Crippen LogP contribution < -0.4 is 16.1 Å². The van der Waals surface area contributed by atoms with Crippen molar-refractivity contribution < 1.29 is 19.1 Å². The van der Waals surface area contributed by atoms with Crippen LogP contribution in [0.1, 0.15) is 51.8 Å². The number of nitrogens with one attached hydrogen (secondary N) is 3. The Hall–Kier alpha value is -6.45. The van der Waals surface area contributed by atoms with Crippen molar-refractivity contribution in [1.29, 1.82) is 0 Å². The maximum absolute atomic E-state index is 14.1. The molecule has 0 aliphatic heterocycles. The number of hydrogen-bond donors (Lipinski definition) is 3. The molecule has 0 saturated carbocycles. The Bertz CT molecular complexity index is 2210. The van der Waals surface area contributed by atoms with E-state index in [1.54, 1.807) is 0 Å². The van der Waals surface area contributed by atoms with E-state index >= 15 is 0 Å². The van der Waals surface area contributed by atoms with Crippen molar-refractivity contribution >= 4 is 35.4 Å². The molecule has 0 bridgehead atoms. The largest absolute Gasteiger partial charge is 0.449 e. The Kier molecular flexibility index (Phi) is 12.3. The molecule has 0 aromatic heterocycles. The molecule has 1 aliphatic carbocycles. The van der Waals surface area contributed by atoms with Crippen molar-refractivity contribution in [1.82, 2.24) is 16.1 Å². The SMILES string of the molecule is C/C(=N/NC(=O)[C@H](CSC(c1ccccc1)(c1ccccc1)c1ccccc1)NC(=O)OCC1c2ccccc2-c2ccccc21)C(=O)NCc1ccc(C)cc1. The van der Waals surface area contributed by atoms with Crippen molar-refractivity contribution in [3.8, 4) is 11.1 Å². The van der Waals surface area contributed by atoms with Gasteiger partial charge in [0.15, 0.2) is 0 Å². The van der Waals surface area contributed by atoms with Gasteiger partial charge in [0.25, 0.3) is 11.8 Å². The standard InChI is InChI=1S/C48H44N4O4S/c1-33-26-28-35(29-27-33)30-49-45(53)34(2)51-52-46(54)44(50-47(55)56-31-43-41-24-14-12-22-39(41)40-23-13-15-25-42(40)43)32-57-48(36-16-6-3-7-17-36,37-18-8-4-9-19-37)38-20-10-5-11-21-38/h3-29,43-44H,30-32H2,1-2H3,(H,49,53)(H,50,55)(H,52,54)/b51-34-/t44-/m0/s1. The normalized spacial score (nSPS) is 12.8. The van der Waals surface area contributed by atoms with Crippen LogP contribution in [0.4, 0.5) is 4.79 Å². The molecule has 6 aromatic carbocycles. The maximum Gasteiger partial charge on any atom is 0.407 e. The zero-order valence-electron chi connectivity index (χ0n) is 31.9. The average molecular weight is 773 g/mol. The first-order chi connectivity index (χ1) is 27.8. The third-order valence-corrected chi connectivity index (χ3v) is 11.8. The molecule has 0 spiro atoms. The number of carbonyl (C=O) groups excluding carboxylic acids is 3. The summed E-state index contributed by atoms with van der Waals surface area (Å²) in [5.41, 5.74) is 12.1. The van der Waals surface area contributed by atoms with Gasteiger partial charge in [-0.25, -0.2) is 10.2 Å². The number of benzene rings is 6. The summed E-state index contributed by atoms with van der Waals surface area (Å²) in [7, 11) is 0. The van der Waals surface area contributed by atoms with Crippen molar-refractivity contribution in [2.75, 3.05) is 12.4 Å². The summed E-state index contributed by atoms with van der Waals surface area (Å²) in [4.78, 5) is 40.8. The number of thioether (sulfide) groups is 1. The van der Waals surface area contributed by atoms with Gasteiger partial charge in [-0.05, 0) is 58.4 Å². The van der Waals surface area contributed by atoms with Crippen LogP contribution in [0, 0.1) is 6.92 Å². The number of alkyl carbamates (subject to hydrolysis) is 1. The smallest absolute Gasteiger partial charge is 0.407 e. The Morgan fingerprint density at radius 2 is 1.18 bits per heavy atom. The van der Waals surface area contributed by atoms with Crippen LogP contribution in [-0.2, 0) is 25.6 Å². The summed E-state index contributed by atoms with van der Waals surface area (Å²) < 4.78 is 5.15. The van der Waals surface area contributed by atoms with Gasteiger partial charge in [-0.2, -0.15) is 5.10 Å². The van der Waals surface area contributed by atoms with Crippen LogP contribution in [-0.4, -0.2) is 42.0 Å². The van der Waals surface area contributed by atoms with Crippen molar-refractivity contribution in [3.63, 3.8) is 0 Å². The number of amides is 3. The van der Waals surface area contributed by atoms with Gasteiger partial charge in [0, 0.05) is 18.2 Å². The molecule has 8 nitrogen and oxygen atoms in total. The topological polar surface area (TPSA) is 109 Å². The zero-order valence-corrected chi connectivity index (χ0v) is 32.7. The lowest BCUT2D eigenvalue weighted by Crippen LogP contribution is -2.48. The molecule has 9 heteroatoms. The fourth-order valence-electron chi connectivity index (χ4n) is 7.23. The zero-order chi connectivity index (χ0) is 39.6. The molecular weight excluding hydrogens is 729 g/mol. The molecule has 0 heterocycles. The monoisotopic (exact) mass is 772 g/mol. The molecule has 0 radical (unpaired) electrons. The summed E-state index contributed by atoms with van der Waals surface area (Å²) in [5.74, 6) is -1.05. The maximum atomic E-state index is 14.1. The Morgan fingerprint density at radius 1 is 0.684 bits per heavy atom. The number of hydrazone groups is 1. The summed E-state index contributed by atoms with van der Waals surface area (Å²) in [6.45, 7) is 3.92. The quantitative estimate of drug-likeness (QED) is 0.0583. The van der Waals surface area contributed by atoms with Gasteiger partial charge in [0.05, 0.1) is 4.75 Å². The number of nitrogens with zero attached hydrogens (tertiary/aromatic N) is 1. The molecule has 286 valence electrons. The van der Waals surface area contributed by atoms with E-state index in [1.807, 2.05) is 110 Å². The predicted octanol–water partition coefficient (Wildman–Crippen LogP) is 8.74. The molecule has 0 fully saturated rings. The second-order valence-electron chi connectivity index (χ2n) is 14.0.